The molecule has 118 valence electrons. The van der Waals surface area contributed by atoms with Crippen LogP contribution in [0.3, 0.4) is 0 Å². The molecule has 1 aliphatic rings. The molecule has 0 bridgehead atoms. The van der Waals surface area contributed by atoms with Gasteiger partial charge in [0, 0.05) is 31.8 Å². The van der Waals surface area contributed by atoms with Gasteiger partial charge in [0.15, 0.2) is 0 Å². The Balaban J connectivity index is 2.08. The van der Waals surface area contributed by atoms with Gasteiger partial charge in [-0.3, -0.25) is 0 Å². The van der Waals surface area contributed by atoms with E-state index in [4.69, 9.17) is 16.7 Å². The van der Waals surface area contributed by atoms with Crippen LogP contribution in [0.4, 0.5) is 5.69 Å². The summed E-state index contributed by atoms with van der Waals surface area (Å²) in [4.78, 5) is 2.38. The van der Waals surface area contributed by atoms with Gasteiger partial charge < -0.3 is 15.3 Å². The zero-order valence-corrected chi connectivity index (χ0v) is 13.9. The van der Waals surface area contributed by atoms with Gasteiger partial charge in [0.2, 0.25) is 0 Å². The molecule has 1 aliphatic carbocycles. The highest BCUT2D eigenvalue weighted by Crippen LogP contribution is 2.34. The minimum atomic E-state index is 0.233. The van der Waals surface area contributed by atoms with Crippen molar-refractivity contribution in [3.8, 4) is 0 Å². The quantitative estimate of drug-likeness (QED) is 0.770. The maximum atomic E-state index is 9.10. The number of aliphatic hydroxyl groups excluding tert-OH is 1. The average Bonchev–Trinajstić information content (AvgIpc) is 2.39. The van der Waals surface area contributed by atoms with Gasteiger partial charge in [-0.2, -0.15) is 0 Å². The molecule has 0 heterocycles. The number of hydrogen-bond donors (Lipinski definition) is 2. The smallest absolute Gasteiger partial charge is 0.0642 e. The monoisotopic (exact) mass is 310 g/mol. The molecule has 0 saturated heterocycles. The summed E-state index contributed by atoms with van der Waals surface area (Å²) < 4.78 is 0. The molecule has 2 rings (SSSR count). The van der Waals surface area contributed by atoms with E-state index < -0.39 is 0 Å². The Morgan fingerprint density at radius 1 is 1.38 bits per heavy atom. The van der Waals surface area contributed by atoms with Gasteiger partial charge in [-0.15, -0.1) is 0 Å². The SMILES string of the molecule is CC(C)NCc1ccc(N(CCCO)C2CCC2)c(Cl)c1. The fourth-order valence-electron chi connectivity index (χ4n) is 2.65. The van der Waals surface area contributed by atoms with Crippen LogP contribution in [0.15, 0.2) is 18.2 Å². The fourth-order valence-corrected chi connectivity index (χ4v) is 2.97. The number of hydrogen-bond acceptors (Lipinski definition) is 3. The Morgan fingerprint density at radius 2 is 2.14 bits per heavy atom. The predicted molar refractivity (Wildman–Crippen MR) is 90.1 cm³/mol. The largest absolute Gasteiger partial charge is 0.396 e. The zero-order chi connectivity index (χ0) is 15.2. The van der Waals surface area contributed by atoms with Gasteiger partial charge >= 0.3 is 0 Å². The molecule has 4 heteroatoms. The van der Waals surface area contributed by atoms with Crippen molar-refractivity contribution in [1.29, 1.82) is 0 Å². The number of rotatable bonds is 8. The van der Waals surface area contributed by atoms with Crippen molar-refractivity contribution in [2.45, 2.75) is 58.2 Å². The second-order valence-corrected chi connectivity index (χ2v) is 6.58. The number of anilines is 1. The van der Waals surface area contributed by atoms with Crippen LogP contribution in [0.1, 0.15) is 45.1 Å². The van der Waals surface area contributed by atoms with Crippen molar-refractivity contribution in [2.24, 2.45) is 0 Å². The van der Waals surface area contributed by atoms with E-state index in [1.54, 1.807) is 0 Å². The van der Waals surface area contributed by atoms with Crippen LogP contribution in [-0.2, 0) is 6.54 Å². The number of nitrogens with zero attached hydrogens (tertiary/aromatic N) is 1. The highest BCUT2D eigenvalue weighted by molar-refractivity contribution is 6.33. The van der Waals surface area contributed by atoms with E-state index in [-0.39, 0.29) is 6.61 Å². The minimum absolute atomic E-state index is 0.233. The minimum Gasteiger partial charge on any atom is -0.396 e. The zero-order valence-electron chi connectivity index (χ0n) is 13.1. The first kappa shape index (κ1) is 16.6. The van der Waals surface area contributed by atoms with E-state index in [1.165, 1.54) is 24.8 Å². The molecule has 1 fully saturated rings. The molecule has 0 aliphatic heterocycles. The van der Waals surface area contributed by atoms with Crippen LogP contribution in [-0.4, -0.2) is 30.3 Å². The summed E-state index contributed by atoms with van der Waals surface area (Å²) in [7, 11) is 0. The third-order valence-corrected chi connectivity index (χ3v) is 4.41. The first-order chi connectivity index (χ1) is 10.1. The molecule has 0 amide bonds. The Bertz CT molecular complexity index is 446. The van der Waals surface area contributed by atoms with Crippen LogP contribution in [0, 0.1) is 0 Å². The summed E-state index contributed by atoms with van der Waals surface area (Å²) in [6.07, 6.45) is 4.56. The number of nitrogens with one attached hydrogen (secondary N) is 1. The Hall–Kier alpha value is -0.770. The molecular formula is C17H27ClN2O. The van der Waals surface area contributed by atoms with Crippen LogP contribution in [0.25, 0.3) is 0 Å². The first-order valence-electron chi connectivity index (χ1n) is 8.01. The average molecular weight is 311 g/mol. The van der Waals surface area contributed by atoms with Gasteiger partial charge in [-0.05, 0) is 43.4 Å². The fraction of sp³-hybridized carbons (Fsp3) is 0.647. The van der Waals surface area contributed by atoms with Gasteiger partial charge in [-0.1, -0.05) is 31.5 Å². The number of halogens is 1. The highest BCUT2D eigenvalue weighted by atomic mass is 35.5. The molecule has 1 aromatic carbocycles. The van der Waals surface area contributed by atoms with E-state index in [0.717, 1.165) is 30.2 Å². The third-order valence-electron chi connectivity index (χ3n) is 4.11. The van der Waals surface area contributed by atoms with Crippen molar-refractivity contribution < 1.29 is 5.11 Å². The lowest BCUT2D eigenvalue weighted by atomic mass is 9.90. The van der Waals surface area contributed by atoms with Crippen molar-refractivity contribution in [1.82, 2.24) is 5.32 Å². The Labute approximate surface area is 133 Å². The maximum Gasteiger partial charge on any atom is 0.0642 e. The standard InChI is InChI=1S/C17H27ClN2O/c1-13(2)19-12-14-7-8-17(16(18)11-14)20(9-4-10-21)15-5-3-6-15/h7-8,11,13,15,19,21H,3-6,9-10,12H2,1-2H3. The summed E-state index contributed by atoms with van der Waals surface area (Å²) in [6, 6.07) is 7.42. The van der Waals surface area contributed by atoms with Crippen molar-refractivity contribution >= 4 is 17.3 Å². The van der Waals surface area contributed by atoms with Crippen molar-refractivity contribution in [2.75, 3.05) is 18.1 Å². The van der Waals surface area contributed by atoms with E-state index in [9.17, 15) is 0 Å². The third kappa shape index (κ3) is 4.60. The summed E-state index contributed by atoms with van der Waals surface area (Å²) in [5, 5.41) is 13.3. The van der Waals surface area contributed by atoms with Crippen LogP contribution < -0.4 is 10.2 Å². The molecule has 0 radical (unpaired) electrons. The lowest BCUT2D eigenvalue weighted by Gasteiger charge is -2.39. The van der Waals surface area contributed by atoms with Gasteiger partial charge in [0.1, 0.15) is 0 Å². The number of aliphatic hydroxyl groups is 1. The van der Waals surface area contributed by atoms with Crippen LogP contribution in [0.5, 0.6) is 0 Å². The van der Waals surface area contributed by atoms with E-state index >= 15 is 0 Å². The lowest BCUT2D eigenvalue weighted by Crippen LogP contribution is -2.41. The second kappa shape index (κ2) is 8.02. The normalized spacial score (nSPS) is 15.3. The molecule has 3 nitrogen and oxygen atoms in total. The lowest BCUT2D eigenvalue weighted by molar-refractivity contribution is 0.283. The molecular weight excluding hydrogens is 284 g/mol. The summed E-state index contributed by atoms with van der Waals surface area (Å²) in [5.74, 6) is 0. The molecule has 0 atom stereocenters. The molecule has 0 aromatic heterocycles. The van der Waals surface area contributed by atoms with Crippen LogP contribution >= 0.6 is 11.6 Å². The molecule has 1 saturated carbocycles. The van der Waals surface area contributed by atoms with Gasteiger partial charge in [0.25, 0.3) is 0 Å². The van der Waals surface area contributed by atoms with Crippen molar-refractivity contribution in [3.63, 3.8) is 0 Å². The van der Waals surface area contributed by atoms with Gasteiger partial charge in [-0.25, -0.2) is 0 Å². The highest BCUT2D eigenvalue weighted by Gasteiger charge is 2.26. The molecule has 2 N–H and O–H groups in total. The van der Waals surface area contributed by atoms with E-state index in [1.807, 2.05) is 0 Å². The molecule has 0 spiro atoms. The van der Waals surface area contributed by atoms with E-state index in [2.05, 4.69) is 42.3 Å². The Kier molecular flexibility index (Phi) is 6.34. The van der Waals surface area contributed by atoms with E-state index in [0.29, 0.717) is 12.1 Å². The molecule has 1 aromatic rings. The van der Waals surface area contributed by atoms with Crippen LogP contribution in [0.2, 0.25) is 5.02 Å². The summed E-state index contributed by atoms with van der Waals surface area (Å²) in [5.41, 5.74) is 2.33. The molecule has 0 unspecified atom stereocenters. The van der Waals surface area contributed by atoms with Gasteiger partial charge in [0.05, 0.1) is 10.7 Å². The van der Waals surface area contributed by atoms with Crippen molar-refractivity contribution in [3.05, 3.63) is 28.8 Å². The summed E-state index contributed by atoms with van der Waals surface area (Å²) >= 11 is 6.51. The first-order valence-corrected chi connectivity index (χ1v) is 8.39. The topological polar surface area (TPSA) is 35.5 Å². The Morgan fingerprint density at radius 3 is 2.67 bits per heavy atom. The second-order valence-electron chi connectivity index (χ2n) is 6.18. The molecule has 21 heavy (non-hydrogen) atoms. The number of benzene rings is 1. The summed E-state index contributed by atoms with van der Waals surface area (Å²) in [6.45, 7) is 6.24. The predicted octanol–water partition coefficient (Wildman–Crippen LogP) is 3.58. The maximum absolute atomic E-state index is 9.10.